The molecule has 6 nitrogen and oxygen atoms in total. The lowest BCUT2D eigenvalue weighted by Gasteiger charge is -2.16. The van der Waals surface area contributed by atoms with Gasteiger partial charge < -0.3 is 25.3 Å². The van der Waals surface area contributed by atoms with Crippen LogP contribution in [-0.4, -0.2) is 36.3 Å². The van der Waals surface area contributed by atoms with Gasteiger partial charge in [0.05, 0.1) is 19.3 Å². The van der Waals surface area contributed by atoms with Gasteiger partial charge in [-0.25, -0.2) is 0 Å². The van der Waals surface area contributed by atoms with Crippen LogP contribution in [0.2, 0.25) is 0 Å². The number of para-hydroxylation sites is 1. The predicted octanol–water partition coefficient (Wildman–Crippen LogP) is 4.17. The Morgan fingerprint density at radius 1 is 1.06 bits per heavy atom. The first kappa shape index (κ1) is 21.5. The molecule has 0 bridgehead atoms. The molecule has 0 unspecified atom stereocenters. The third kappa shape index (κ3) is 4.60. The molecule has 1 heterocycles. The monoisotopic (exact) mass is 430 g/mol. The van der Waals surface area contributed by atoms with E-state index < -0.39 is 5.91 Å². The van der Waals surface area contributed by atoms with Crippen LogP contribution in [-0.2, 0) is 6.42 Å². The van der Waals surface area contributed by atoms with Crippen LogP contribution in [0, 0.1) is 5.92 Å². The fourth-order valence-corrected chi connectivity index (χ4v) is 3.86. The first-order chi connectivity index (χ1) is 15.6. The Labute approximate surface area is 186 Å². The van der Waals surface area contributed by atoms with E-state index in [1.807, 2.05) is 54.7 Å². The molecule has 0 fully saturated rings. The van der Waals surface area contributed by atoms with Crippen molar-refractivity contribution < 1.29 is 19.4 Å². The summed E-state index contributed by atoms with van der Waals surface area (Å²) in [5.74, 6) is 0.596. The van der Waals surface area contributed by atoms with Crippen LogP contribution in [0.3, 0.4) is 0 Å². The van der Waals surface area contributed by atoms with Crippen molar-refractivity contribution in [2.75, 3.05) is 20.3 Å². The van der Waals surface area contributed by atoms with E-state index in [2.05, 4.69) is 11.1 Å². The topological polar surface area (TPSA) is 97.6 Å². The highest BCUT2D eigenvalue weighted by atomic mass is 16.5. The lowest BCUT2D eigenvalue weighted by atomic mass is 9.98. The minimum absolute atomic E-state index is 0.00984. The highest BCUT2D eigenvalue weighted by molar-refractivity contribution is 6.00. The molecule has 1 atom stereocenters. The molecule has 0 aliphatic heterocycles. The van der Waals surface area contributed by atoms with Gasteiger partial charge in [0.25, 0.3) is 0 Å². The number of hydrogen-bond acceptors (Lipinski definition) is 4. The number of methoxy groups -OCH3 is 1. The number of nitrogens with one attached hydrogen (secondary N) is 1. The number of primary amides is 1. The van der Waals surface area contributed by atoms with E-state index in [0.717, 1.165) is 22.0 Å². The number of ether oxygens (including phenoxy) is 2. The summed E-state index contributed by atoms with van der Waals surface area (Å²) < 4.78 is 11.2. The summed E-state index contributed by atoms with van der Waals surface area (Å²) in [4.78, 5) is 15.4. The minimum atomic E-state index is -0.536. The second-order valence-electron chi connectivity index (χ2n) is 7.73. The van der Waals surface area contributed by atoms with Crippen molar-refractivity contribution in [2.45, 2.75) is 6.42 Å². The summed E-state index contributed by atoms with van der Waals surface area (Å²) in [5.41, 5.74) is 9.76. The number of amides is 1. The van der Waals surface area contributed by atoms with Crippen LogP contribution in [0.5, 0.6) is 11.5 Å². The number of aliphatic hydroxyl groups is 1. The number of carbonyl (C=O) groups excluding carboxylic acids is 1. The van der Waals surface area contributed by atoms with E-state index >= 15 is 0 Å². The zero-order valence-corrected chi connectivity index (χ0v) is 17.9. The third-order valence-electron chi connectivity index (χ3n) is 5.56. The van der Waals surface area contributed by atoms with E-state index in [4.69, 9.17) is 15.2 Å². The molecular formula is C26H26N2O4. The normalized spacial score (nSPS) is 11.9. The molecule has 1 aromatic heterocycles. The molecular weight excluding hydrogens is 404 g/mol. The SMILES string of the molecule is COc1cccc(-c2ccc(OC[C@@H](CO)Cc3c[nH]c4ccccc34)cc2C(N)=O)c1. The van der Waals surface area contributed by atoms with Crippen molar-refractivity contribution in [3.8, 4) is 22.6 Å². The number of rotatable bonds is 9. The Morgan fingerprint density at radius 3 is 2.69 bits per heavy atom. The quantitative estimate of drug-likeness (QED) is 0.371. The average Bonchev–Trinajstić information content (AvgIpc) is 3.24. The van der Waals surface area contributed by atoms with Gasteiger partial charge in [-0.1, -0.05) is 30.3 Å². The largest absolute Gasteiger partial charge is 0.497 e. The van der Waals surface area contributed by atoms with Gasteiger partial charge in [0.15, 0.2) is 0 Å². The lowest BCUT2D eigenvalue weighted by Crippen LogP contribution is -2.19. The van der Waals surface area contributed by atoms with Gasteiger partial charge in [-0.05, 0) is 59.5 Å². The molecule has 0 spiro atoms. The molecule has 32 heavy (non-hydrogen) atoms. The second kappa shape index (κ2) is 9.58. The fraction of sp³-hybridized carbons (Fsp3) is 0.192. The van der Waals surface area contributed by atoms with Crippen molar-refractivity contribution >= 4 is 16.8 Å². The Balaban J connectivity index is 1.51. The Bertz CT molecular complexity index is 1230. The standard InChI is InChI=1S/C26H26N2O4/c1-31-20-6-4-5-18(12-20)22-10-9-21(13-24(22)26(27)30)32-16-17(15-29)11-19-14-28-25-8-3-2-7-23(19)25/h2-10,12-14,17,28-29H,11,15-16H2,1H3,(H2,27,30)/t17-/m1/s1. The summed E-state index contributed by atoms with van der Waals surface area (Å²) in [7, 11) is 1.60. The van der Waals surface area contributed by atoms with Gasteiger partial charge in [0, 0.05) is 29.6 Å². The Hall–Kier alpha value is -3.77. The summed E-state index contributed by atoms with van der Waals surface area (Å²) in [6.45, 7) is 0.302. The van der Waals surface area contributed by atoms with Crippen LogP contribution in [0.1, 0.15) is 15.9 Å². The maximum absolute atomic E-state index is 12.1. The number of aromatic amines is 1. The first-order valence-corrected chi connectivity index (χ1v) is 10.5. The van der Waals surface area contributed by atoms with Crippen LogP contribution in [0.25, 0.3) is 22.0 Å². The molecule has 0 aliphatic carbocycles. The van der Waals surface area contributed by atoms with E-state index in [9.17, 15) is 9.90 Å². The van der Waals surface area contributed by atoms with Crippen molar-refractivity contribution in [3.05, 3.63) is 84.1 Å². The maximum atomic E-state index is 12.1. The van der Waals surface area contributed by atoms with Gasteiger partial charge in [-0.15, -0.1) is 0 Å². The van der Waals surface area contributed by atoms with Crippen LogP contribution in [0.4, 0.5) is 0 Å². The summed E-state index contributed by atoms with van der Waals surface area (Å²) in [5, 5.41) is 11.0. The molecule has 0 saturated carbocycles. The predicted molar refractivity (Wildman–Crippen MR) is 125 cm³/mol. The van der Waals surface area contributed by atoms with Crippen molar-refractivity contribution in [3.63, 3.8) is 0 Å². The maximum Gasteiger partial charge on any atom is 0.249 e. The molecule has 4 aromatic rings. The molecule has 4 rings (SSSR count). The average molecular weight is 431 g/mol. The first-order valence-electron chi connectivity index (χ1n) is 10.5. The number of carbonyl (C=O) groups is 1. The second-order valence-corrected chi connectivity index (χ2v) is 7.73. The molecule has 164 valence electrons. The minimum Gasteiger partial charge on any atom is -0.497 e. The molecule has 0 saturated heterocycles. The summed E-state index contributed by atoms with van der Waals surface area (Å²) in [6.07, 6.45) is 2.65. The molecule has 6 heteroatoms. The number of hydrogen-bond donors (Lipinski definition) is 3. The Morgan fingerprint density at radius 2 is 1.91 bits per heavy atom. The van der Waals surface area contributed by atoms with Crippen molar-refractivity contribution in [1.29, 1.82) is 0 Å². The zero-order chi connectivity index (χ0) is 22.5. The molecule has 0 radical (unpaired) electrons. The molecule has 3 aromatic carbocycles. The number of H-pyrrole nitrogens is 1. The van der Waals surface area contributed by atoms with Crippen molar-refractivity contribution in [1.82, 2.24) is 4.98 Å². The van der Waals surface area contributed by atoms with Gasteiger partial charge in [0.1, 0.15) is 11.5 Å². The lowest BCUT2D eigenvalue weighted by molar-refractivity contribution is 0.1000. The van der Waals surface area contributed by atoms with Gasteiger partial charge >= 0.3 is 0 Å². The number of aromatic nitrogens is 1. The highest BCUT2D eigenvalue weighted by Crippen LogP contribution is 2.30. The fourth-order valence-electron chi connectivity index (χ4n) is 3.86. The molecule has 1 amide bonds. The zero-order valence-electron chi connectivity index (χ0n) is 17.9. The van der Waals surface area contributed by atoms with Gasteiger partial charge in [-0.2, -0.15) is 0 Å². The molecule has 4 N–H and O–H groups in total. The molecule has 0 aliphatic rings. The van der Waals surface area contributed by atoms with Gasteiger partial charge in [-0.3, -0.25) is 4.79 Å². The van der Waals surface area contributed by atoms with Gasteiger partial charge in [0.2, 0.25) is 5.91 Å². The van der Waals surface area contributed by atoms with E-state index in [0.29, 0.717) is 35.7 Å². The number of aliphatic hydroxyl groups excluding tert-OH is 1. The van der Waals surface area contributed by atoms with Crippen LogP contribution < -0.4 is 15.2 Å². The smallest absolute Gasteiger partial charge is 0.249 e. The van der Waals surface area contributed by atoms with E-state index in [1.54, 1.807) is 19.2 Å². The summed E-state index contributed by atoms with van der Waals surface area (Å²) in [6, 6.07) is 20.8. The van der Waals surface area contributed by atoms with E-state index in [-0.39, 0.29) is 12.5 Å². The number of benzene rings is 3. The Kier molecular flexibility index (Phi) is 6.42. The van der Waals surface area contributed by atoms with Crippen molar-refractivity contribution in [2.24, 2.45) is 11.7 Å². The third-order valence-corrected chi connectivity index (χ3v) is 5.56. The highest BCUT2D eigenvalue weighted by Gasteiger charge is 2.16. The van der Waals surface area contributed by atoms with Crippen LogP contribution >= 0.6 is 0 Å². The number of fused-ring (bicyclic) bond motifs is 1. The summed E-state index contributed by atoms with van der Waals surface area (Å²) >= 11 is 0. The van der Waals surface area contributed by atoms with E-state index in [1.165, 1.54) is 0 Å². The number of nitrogens with two attached hydrogens (primary N) is 1. The van der Waals surface area contributed by atoms with Crippen LogP contribution in [0.15, 0.2) is 72.9 Å².